The van der Waals surface area contributed by atoms with Gasteiger partial charge in [0.1, 0.15) is 0 Å². The van der Waals surface area contributed by atoms with Crippen LogP contribution < -0.4 is 5.73 Å². The van der Waals surface area contributed by atoms with Crippen molar-refractivity contribution in [3.8, 4) is 0 Å². The Labute approximate surface area is 145 Å². The number of nitrogens with two attached hydrogens (primary N) is 1. The molecule has 2 rings (SSSR count). The van der Waals surface area contributed by atoms with Crippen molar-refractivity contribution in [1.29, 1.82) is 0 Å². The lowest BCUT2D eigenvalue weighted by Crippen LogP contribution is -2.41. The van der Waals surface area contributed by atoms with Crippen molar-refractivity contribution in [3.05, 3.63) is 34.8 Å². The van der Waals surface area contributed by atoms with Gasteiger partial charge < -0.3 is 15.0 Å². The van der Waals surface area contributed by atoms with E-state index in [-0.39, 0.29) is 5.69 Å². The number of thiol groups is 1. The number of anilines is 1. The van der Waals surface area contributed by atoms with Crippen LogP contribution in [0, 0.1) is 0 Å². The average Bonchev–Trinajstić information content (AvgIpc) is 2.64. The van der Waals surface area contributed by atoms with Crippen LogP contribution in [-0.4, -0.2) is 24.1 Å². The largest absolute Gasteiger partial charge is 0.491 e. The number of halogens is 3. The minimum atomic E-state index is -4.42. The van der Waals surface area contributed by atoms with Crippen LogP contribution in [0.25, 0.3) is 6.08 Å². The topological polar surface area (TPSA) is 44.5 Å². The molecule has 1 aliphatic rings. The molecular formula is C16H21BF3NO2S. The molecule has 0 aliphatic carbocycles. The Bertz CT molecular complexity index is 643. The van der Waals surface area contributed by atoms with E-state index in [4.69, 9.17) is 15.0 Å². The molecule has 1 fully saturated rings. The van der Waals surface area contributed by atoms with Crippen molar-refractivity contribution in [2.24, 2.45) is 0 Å². The van der Waals surface area contributed by atoms with E-state index >= 15 is 0 Å². The van der Waals surface area contributed by atoms with Gasteiger partial charge in [0, 0.05) is 11.4 Å². The number of hydrogen-bond acceptors (Lipinski definition) is 4. The predicted octanol–water partition coefficient (Wildman–Crippen LogP) is 4.23. The average molecular weight is 359 g/mol. The summed E-state index contributed by atoms with van der Waals surface area (Å²) in [7, 11) is -0.616. The first-order chi connectivity index (χ1) is 10.9. The highest BCUT2D eigenvalue weighted by molar-refractivity contribution is 7.80. The zero-order chi connectivity index (χ0) is 18.3. The molecule has 2 N–H and O–H groups in total. The van der Waals surface area contributed by atoms with Crippen LogP contribution in [0.1, 0.15) is 38.8 Å². The second-order valence-corrected chi connectivity index (χ2v) is 7.12. The van der Waals surface area contributed by atoms with Gasteiger partial charge in [-0.1, -0.05) is 12.1 Å². The van der Waals surface area contributed by atoms with Gasteiger partial charge in [0.05, 0.1) is 16.8 Å². The molecule has 0 atom stereocenters. The molecule has 0 unspecified atom stereocenters. The Kier molecular flexibility index (Phi) is 5.05. The smallest absolute Gasteiger partial charge is 0.400 e. The number of rotatable bonds is 3. The minimum Gasteiger partial charge on any atom is -0.400 e. The summed E-state index contributed by atoms with van der Waals surface area (Å²) in [6.07, 6.45) is -2.75. The monoisotopic (exact) mass is 359 g/mol. The first-order valence-electron chi connectivity index (χ1n) is 7.51. The number of alkyl halides is 3. The molecule has 0 amide bonds. The molecule has 3 nitrogen and oxygen atoms in total. The van der Waals surface area contributed by atoms with Crippen molar-refractivity contribution >= 4 is 31.5 Å². The predicted molar refractivity (Wildman–Crippen MR) is 93.8 cm³/mol. The quantitative estimate of drug-likeness (QED) is 0.482. The Hall–Kier alpha value is -1.12. The molecule has 1 heterocycles. The Balaban J connectivity index is 2.32. The van der Waals surface area contributed by atoms with E-state index in [9.17, 15) is 13.2 Å². The van der Waals surface area contributed by atoms with Crippen LogP contribution in [0.15, 0.2) is 23.7 Å². The molecule has 0 radical (unpaired) electrons. The molecule has 1 saturated heterocycles. The fourth-order valence-electron chi connectivity index (χ4n) is 2.26. The number of nitrogen functional groups attached to an aromatic ring is 1. The highest BCUT2D eigenvalue weighted by Crippen LogP contribution is 2.39. The zero-order valence-corrected chi connectivity index (χ0v) is 15.0. The second kappa shape index (κ2) is 6.31. The Morgan fingerprint density at radius 3 is 2.17 bits per heavy atom. The van der Waals surface area contributed by atoms with Crippen LogP contribution in [0.4, 0.5) is 18.9 Å². The van der Waals surface area contributed by atoms with Crippen molar-refractivity contribution in [2.45, 2.75) is 45.1 Å². The molecule has 0 aromatic heterocycles. The molecule has 132 valence electrons. The summed E-state index contributed by atoms with van der Waals surface area (Å²) in [4.78, 5) is 0. The van der Waals surface area contributed by atoms with Crippen molar-refractivity contribution in [1.82, 2.24) is 0 Å². The van der Waals surface area contributed by atoms with E-state index in [1.807, 2.05) is 27.7 Å². The van der Waals surface area contributed by atoms with Gasteiger partial charge in [-0.15, -0.1) is 0 Å². The lowest BCUT2D eigenvalue weighted by molar-refractivity contribution is -0.137. The summed E-state index contributed by atoms with van der Waals surface area (Å²) < 4.78 is 50.1. The molecule has 0 bridgehead atoms. The number of hydrogen-bond donors (Lipinski definition) is 2. The van der Waals surface area contributed by atoms with Gasteiger partial charge in [0.15, 0.2) is 0 Å². The van der Waals surface area contributed by atoms with Gasteiger partial charge in [0.25, 0.3) is 0 Å². The van der Waals surface area contributed by atoms with Gasteiger partial charge in [-0.25, -0.2) is 0 Å². The maximum Gasteiger partial charge on any atom is 0.491 e. The van der Waals surface area contributed by atoms with Crippen LogP contribution in [0.5, 0.6) is 0 Å². The minimum absolute atomic E-state index is 0.0422. The standard InChI is InChI=1S/C16H21BF3NO2S/c1-14(2)15(3,4)23-17(22-14)12(9-24)7-10-5-6-11(8-13(10)21)16(18,19)20/h5-8,24H,9,21H2,1-4H3. The van der Waals surface area contributed by atoms with Gasteiger partial charge in [0.2, 0.25) is 0 Å². The molecule has 0 saturated carbocycles. The fraction of sp³-hybridized carbons (Fsp3) is 0.500. The summed E-state index contributed by atoms with van der Waals surface area (Å²) in [5, 5.41) is 0. The van der Waals surface area contributed by atoms with E-state index in [0.29, 0.717) is 16.8 Å². The normalized spacial score (nSPS) is 20.5. The SMILES string of the molecule is CC1(C)OB(C(=Cc2ccc(C(F)(F)F)cc2N)CS)OC1(C)C. The first kappa shape index (κ1) is 19.2. The van der Waals surface area contributed by atoms with E-state index in [1.54, 1.807) is 6.08 Å². The summed E-state index contributed by atoms with van der Waals surface area (Å²) in [6, 6.07) is 3.27. The molecule has 1 aliphatic heterocycles. The summed E-state index contributed by atoms with van der Waals surface area (Å²) in [5.74, 6) is 0.331. The van der Waals surface area contributed by atoms with E-state index in [0.717, 1.165) is 12.1 Å². The highest BCUT2D eigenvalue weighted by Gasteiger charge is 2.52. The molecule has 24 heavy (non-hydrogen) atoms. The van der Waals surface area contributed by atoms with Crippen molar-refractivity contribution < 1.29 is 22.5 Å². The maximum atomic E-state index is 12.7. The van der Waals surface area contributed by atoms with Gasteiger partial charge in [-0.3, -0.25) is 0 Å². The fourth-order valence-corrected chi connectivity index (χ4v) is 2.51. The summed E-state index contributed by atoms with van der Waals surface area (Å²) in [5.41, 5.74) is 5.19. The highest BCUT2D eigenvalue weighted by atomic mass is 32.1. The van der Waals surface area contributed by atoms with E-state index in [1.165, 1.54) is 6.07 Å². The maximum absolute atomic E-state index is 12.7. The third kappa shape index (κ3) is 3.76. The lowest BCUT2D eigenvalue weighted by Gasteiger charge is -2.32. The van der Waals surface area contributed by atoms with Gasteiger partial charge in [-0.05, 0) is 50.9 Å². The number of benzene rings is 1. The molecule has 1 aromatic rings. The first-order valence-corrected chi connectivity index (χ1v) is 8.14. The van der Waals surface area contributed by atoms with Crippen LogP contribution in [0.2, 0.25) is 0 Å². The molecule has 1 aromatic carbocycles. The Morgan fingerprint density at radius 1 is 1.21 bits per heavy atom. The van der Waals surface area contributed by atoms with Crippen LogP contribution >= 0.6 is 12.6 Å². The molecular weight excluding hydrogens is 338 g/mol. The molecule has 8 heteroatoms. The van der Waals surface area contributed by atoms with Crippen molar-refractivity contribution in [3.63, 3.8) is 0 Å². The van der Waals surface area contributed by atoms with Gasteiger partial charge in [-0.2, -0.15) is 25.8 Å². The van der Waals surface area contributed by atoms with Gasteiger partial charge >= 0.3 is 13.3 Å². The van der Waals surface area contributed by atoms with Crippen LogP contribution in [0.3, 0.4) is 0 Å². The molecule has 0 spiro atoms. The van der Waals surface area contributed by atoms with Crippen molar-refractivity contribution in [2.75, 3.05) is 11.5 Å². The summed E-state index contributed by atoms with van der Waals surface area (Å²) in [6.45, 7) is 7.70. The lowest BCUT2D eigenvalue weighted by atomic mass is 9.78. The summed E-state index contributed by atoms with van der Waals surface area (Å²) >= 11 is 4.29. The van der Waals surface area contributed by atoms with E-state index < -0.39 is 30.1 Å². The van der Waals surface area contributed by atoms with E-state index in [2.05, 4.69) is 12.6 Å². The van der Waals surface area contributed by atoms with Crippen LogP contribution in [-0.2, 0) is 15.5 Å². The Morgan fingerprint density at radius 2 is 1.75 bits per heavy atom. The third-order valence-electron chi connectivity index (χ3n) is 4.49. The zero-order valence-electron chi connectivity index (χ0n) is 14.1. The third-order valence-corrected chi connectivity index (χ3v) is 4.86. The second-order valence-electron chi connectivity index (χ2n) is 6.81.